The molecule has 0 fully saturated rings. The van der Waals surface area contributed by atoms with Gasteiger partial charge in [0.05, 0.1) is 16.4 Å². The van der Waals surface area contributed by atoms with E-state index in [4.69, 9.17) is 0 Å². The number of halogens is 1. The molecule has 0 aliphatic carbocycles. The number of benzene rings is 1. The molecule has 2 rings (SSSR count). The molecular formula is C13H16BrN3. The van der Waals surface area contributed by atoms with Gasteiger partial charge in [0, 0.05) is 12.7 Å². The number of hydrogen-bond donors (Lipinski definition) is 1. The number of aromatic nitrogens is 2. The fourth-order valence-corrected chi connectivity index (χ4v) is 2.06. The monoisotopic (exact) mass is 293 g/mol. The maximum absolute atomic E-state index is 4.33. The van der Waals surface area contributed by atoms with Gasteiger partial charge in [0.2, 0.25) is 0 Å². The van der Waals surface area contributed by atoms with E-state index in [1.54, 1.807) is 6.20 Å². The van der Waals surface area contributed by atoms with Crippen molar-refractivity contribution < 1.29 is 0 Å². The van der Waals surface area contributed by atoms with Crippen molar-refractivity contribution in [3.8, 4) is 5.69 Å². The molecule has 0 radical (unpaired) electrons. The third-order valence-corrected chi connectivity index (χ3v) is 3.01. The summed E-state index contributed by atoms with van der Waals surface area (Å²) in [6, 6.07) is 6.43. The highest BCUT2D eigenvalue weighted by Crippen LogP contribution is 2.18. The second kappa shape index (κ2) is 5.47. The van der Waals surface area contributed by atoms with Gasteiger partial charge < -0.3 is 5.32 Å². The van der Waals surface area contributed by atoms with Crippen molar-refractivity contribution in [2.45, 2.75) is 20.4 Å². The molecule has 90 valence electrons. The molecule has 0 saturated heterocycles. The van der Waals surface area contributed by atoms with E-state index in [9.17, 15) is 0 Å². The molecule has 1 heterocycles. The maximum atomic E-state index is 4.33. The fourth-order valence-electron chi connectivity index (χ4n) is 1.77. The third kappa shape index (κ3) is 2.96. The third-order valence-electron chi connectivity index (χ3n) is 2.60. The quantitative estimate of drug-likeness (QED) is 0.939. The van der Waals surface area contributed by atoms with E-state index in [2.05, 4.69) is 58.4 Å². The first-order valence-corrected chi connectivity index (χ1v) is 6.51. The van der Waals surface area contributed by atoms with Crippen molar-refractivity contribution in [3.63, 3.8) is 0 Å². The second-order valence-corrected chi connectivity index (χ2v) is 4.93. The average Bonchev–Trinajstić information content (AvgIpc) is 2.73. The first-order chi connectivity index (χ1) is 8.20. The summed E-state index contributed by atoms with van der Waals surface area (Å²) in [6.07, 6.45) is 3.77. The molecule has 2 aromatic rings. The van der Waals surface area contributed by atoms with Crippen LogP contribution in [0.2, 0.25) is 0 Å². The van der Waals surface area contributed by atoms with Gasteiger partial charge in [-0.05, 0) is 41.0 Å². The Balaban J connectivity index is 2.38. The van der Waals surface area contributed by atoms with Crippen LogP contribution in [0.3, 0.4) is 0 Å². The Morgan fingerprint density at radius 2 is 2.24 bits per heavy atom. The fraction of sp³-hybridized carbons (Fsp3) is 0.308. The van der Waals surface area contributed by atoms with Crippen molar-refractivity contribution >= 4 is 15.9 Å². The zero-order valence-corrected chi connectivity index (χ0v) is 11.7. The molecule has 1 aromatic carbocycles. The summed E-state index contributed by atoms with van der Waals surface area (Å²) in [5.41, 5.74) is 3.66. The van der Waals surface area contributed by atoms with Gasteiger partial charge in [0.15, 0.2) is 0 Å². The summed E-state index contributed by atoms with van der Waals surface area (Å²) in [7, 11) is 0. The van der Waals surface area contributed by atoms with Crippen LogP contribution < -0.4 is 5.32 Å². The largest absolute Gasteiger partial charge is 0.313 e. The standard InChI is InChI=1S/C13H16BrN3/c1-3-15-7-11-6-10(2)4-5-13(11)17-9-12(14)8-16-17/h4-6,8-9,15H,3,7H2,1-2H3. The molecule has 1 aromatic heterocycles. The molecule has 0 unspecified atom stereocenters. The molecule has 0 spiro atoms. The molecule has 1 N–H and O–H groups in total. The van der Waals surface area contributed by atoms with Crippen LogP contribution in [0, 0.1) is 6.92 Å². The average molecular weight is 294 g/mol. The molecule has 3 nitrogen and oxygen atoms in total. The highest BCUT2D eigenvalue weighted by molar-refractivity contribution is 9.10. The Labute approximate surface area is 110 Å². The zero-order valence-electron chi connectivity index (χ0n) is 10.1. The van der Waals surface area contributed by atoms with E-state index in [0.29, 0.717) is 0 Å². The van der Waals surface area contributed by atoms with Gasteiger partial charge in [-0.15, -0.1) is 0 Å². The predicted octanol–water partition coefficient (Wildman–Crippen LogP) is 3.05. The number of nitrogens with one attached hydrogen (secondary N) is 1. The molecule has 0 amide bonds. The number of nitrogens with zero attached hydrogens (tertiary/aromatic N) is 2. The van der Waals surface area contributed by atoms with Crippen molar-refractivity contribution in [2.24, 2.45) is 0 Å². The van der Waals surface area contributed by atoms with Gasteiger partial charge in [0.1, 0.15) is 0 Å². The van der Waals surface area contributed by atoms with E-state index < -0.39 is 0 Å². The highest BCUT2D eigenvalue weighted by atomic mass is 79.9. The molecule has 17 heavy (non-hydrogen) atoms. The van der Waals surface area contributed by atoms with Crippen LogP contribution in [0.15, 0.2) is 35.1 Å². The summed E-state index contributed by atoms with van der Waals surface area (Å²) in [5.74, 6) is 0. The Bertz CT molecular complexity index is 505. The Hall–Kier alpha value is -1.13. The van der Waals surface area contributed by atoms with Crippen molar-refractivity contribution in [3.05, 3.63) is 46.2 Å². The van der Waals surface area contributed by atoms with Crippen LogP contribution >= 0.6 is 15.9 Å². The van der Waals surface area contributed by atoms with Crippen LogP contribution in [-0.4, -0.2) is 16.3 Å². The smallest absolute Gasteiger partial charge is 0.0691 e. The van der Waals surface area contributed by atoms with Gasteiger partial charge in [-0.1, -0.05) is 24.6 Å². The van der Waals surface area contributed by atoms with Gasteiger partial charge in [-0.2, -0.15) is 5.10 Å². The Kier molecular flexibility index (Phi) is 3.97. The number of rotatable bonds is 4. The summed E-state index contributed by atoms with van der Waals surface area (Å²) >= 11 is 3.42. The van der Waals surface area contributed by atoms with Crippen molar-refractivity contribution in [1.29, 1.82) is 0 Å². The van der Waals surface area contributed by atoms with E-state index in [1.165, 1.54) is 11.1 Å². The minimum Gasteiger partial charge on any atom is -0.313 e. The van der Waals surface area contributed by atoms with Crippen LogP contribution in [0.5, 0.6) is 0 Å². The van der Waals surface area contributed by atoms with Crippen LogP contribution in [0.4, 0.5) is 0 Å². The van der Waals surface area contributed by atoms with Crippen LogP contribution in [0.1, 0.15) is 18.1 Å². The maximum Gasteiger partial charge on any atom is 0.0691 e. The summed E-state index contributed by atoms with van der Waals surface area (Å²) in [6.45, 7) is 6.05. The Morgan fingerprint density at radius 1 is 1.41 bits per heavy atom. The molecule has 0 bridgehead atoms. The lowest BCUT2D eigenvalue weighted by molar-refractivity contribution is 0.716. The first kappa shape index (κ1) is 12.3. The van der Waals surface area contributed by atoms with Gasteiger partial charge >= 0.3 is 0 Å². The number of hydrogen-bond acceptors (Lipinski definition) is 2. The van der Waals surface area contributed by atoms with Gasteiger partial charge in [-0.25, -0.2) is 4.68 Å². The molecule has 0 aliphatic rings. The van der Waals surface area contributed by atoms with E-state index >= 15 is 0 Å². The Morgan fingerprint density at radius 3 is 2.88 bits per heavy atom. The minimum absolute atomic E-state index is 0.866. The highest BCUT2D eigenvalue weighted by Gasteiger charge is 2.06. The lowest BCUT2D eigenvalue weighted by Crippen LogP contribution is -2.14. The summed E-state index contributed by atoms with van der Waals surface area (Å²) in [4.78, 5) is 0. The summed E-state index contributed by atoms with van der Waals surface area (Å²) in [5, 5.41) is 7.68. The topological polar surface area (TPSA) is 29.9 Å². The molecule has 0 aliphatic heterocycles. The van der Waals surface area contributed by atoms with Crippen LogP contribution in [-0.2, 0) is 6.54 Å². The van der Waals surface area contributed by atoms with Crippen molar-refractivity contribution in [2.75, 3.05) is 6.54 Å². The predicted molar refractivity (Wildman–Crippen MR) is 73.4 cm³/mol. The number of aryl methyl sites for hydroxylation is 1. The molecule has 0 saturated carbocycles. The van der Waals surface area contributed by atoms with Crippen molar-refractivity contribution in [1.82, 2.24) is 15.1 Å². The van der Waals surface area contributed by atoms with Crippen LogP contribution in [0.25, 0.3) is 5.69 Å². The second-order valence-electron chi connectivity index (χ2n) is 4.02. The summed E-state index contributed by atoms with van der Waals surface area (Å²) < 4.78 is 2.89. The SMILES string of the molecule is CCNCc1cc(C)ccc1-n1cc(Br)cn1. The van der Waals surface area contributed by atoms with E-state index in [0.717, 1.165) is 23.2 Å². The zero-order chi connectivity index (χ0) is 12.3. The van der Waals surface area contributed by atoms with E-state index in [1.807, 2.05) is 10.9 Å². The molecule has 0 atom stereocenters. The lowest BCUT2D eigenvalue weighted by Gasteiger charge is -2.11. The molecular weight excluding hydrogens is 278 g/mol. The van der Waals surface area contributed by atoms with Gasteiger partial charge in [0.25, 0.3) is 0 Å². The lowest BCUT2D eigenvalue weighted by atomic mass is 10.1. The van der Waals surface area contributed by atoms with E-state index in [-0.39, 0.29) is 0 Å². The van der Waals surface area contributed by atoms with Gasteiger partial charge in [-0.3, -0.25) is 0 Å². The minimum atomic E-state index is 0.866. The molecule has 4 heteroatoms. The first-order valence-electron chi connectivity index (χ1n) is 5.71. The normalized spacial score (nSPS) is 10.8.